The van der Waals surface area contributed by atoms with Gasteiger partial charge in [0.05, 0.1) is 0 Å². The number of carbonyl (C=O) groups excluding carboxylic acids is 1. The maximum Gasteiger partial charge on any atom is 4.00 e. The molecule has 0 heterocycles. The molecule has 0 aromatic heterocycles. The summed E-state index contributed by atoms with van der Waals surface area (Å²) in [5.74, 6) is 0. The van der Waals surface area contributed by atoms with Gasteiger partial charge in [-0.15, -0.1) is 0 Å². The first-order valence-electron chi connectivity index (χ1n) is 0.612. The van der Waals surface area contributed by atoms with E-state index in [0.29, 0.717) is 0 Å². The fourth-order valence-electron chi connectivity index (χ4n) is 0. The van der Waals surface area contributed by atoms with Crippen molar-refractivity contribution in [2.45, 2.75) is 0 Å². The van der Waals surface area contributed by atoms with Gasteiger partial charge in [-0.25, -0.2) is 0 Å². The number of hydrogen-bond donors (Lipinski definition) is 0. The summed E-state index contributed by atoms with van der Waals surface area (Å²) in [6.45, 7) is 0. The normalized spacial score (nSPS) is 3.43. The van der Waals surface area contributed by atoms with E-state index < -0.39 is 6.16 Å². The average Bonchev–Trinajstić information content (AvgIpc) is 0.811. The molecule has 0 spiro atoms. The van der Waals surface area contributed by atoms with E-state index in [1.807, 2.05) is 0 Å². The molecular formula is CNaO4Zr+. The average molecular weight is 190 g/mol. The van der Waals surface area contributed by atoms with E-state index in [1.165, 1.54) is 0 Å². The smallest absolute Gasteiger partial charge is 2.00 e. The molecule has 0 aromatic carbocycles. The fraction of sp³-hybridized carbons (Fsp3) is 0. The molecule has 0 atom stereocenters. The molecule has 4 nitrogen and oxygen atoms in total. The molecule has 0 fully saturated rings. The first kappa shape index (κ1) is 24.3. The molecule has 0 saturated heterocycles. The predicted octanol–water partition coefficient (Wildman–Crippen LogP) is -5.56. The van der Waals surface area contributed by atoms with Gasteiger partial charge in [0.15, 0.2) is 0 Å². The van der Waals surface area contributed by atoms with Gasteiger partial charge in [0, 0.05) is 0 Å². The van der Waals surface area contributed by atoms with Crippen LogP contribution in [0.15, 0.2) is 0 Å². The molecule has 0 radical (unpaired) electrons. The van der Waals surface area contributed by atoms with Crippen LogP contribution in [-0.4, -0.2) is 6.16 Å². The van der Waals surface area contributed by atoms with E-state index >= 15 is 0 Å². The monoisotopic (exact) mass is 189 g/mol. The molecular weight excluding hydrogens is 190 g/mol. The molecule has 6 heteroatoms. The second kappa shape index (κ2) is 15.7. The van der Waals surface area contributed by atoms with Crippen LogP contribution in [0.25, 0.3) is 0 Å². The summed E-state index contributed by atoms with van der Waals surface area (Å²) >= 11 is 0. The van der Waals surface area contributed by atoms with Crippen LogP contribution >= 0.6 is 0 Å². The molecule has 0 N–H and O–H groups in total. The van der Waals surface area contributed by atoms with Crippen LogP contribution in [0.5, 0.6) is 0 Å². The molecule has 0 aromatic rings. The third kappa shape index (κ3) is 150. The van der Waals surface area contributed by atoms with Crippen molar-refractivity contribution in [1.82, 2.24) is 0 Å². The van der Waals surface area contributed by atoms with E-state index in [9.17, 15) is 0 Å². The Morgan fingerprint density at radius 3 is 1.29 bits per heavy atom. The maximum atomic E-state index is 8.33. The van der Waals surface area contributed by atoms with Crippen molar-refractivity contribution in [3.63, 3.8) is 0 Å². The summed E-state index contributed by atoms with van der Waals surface area (Å²) in [5, 5.41) is 16.7. The van der Waals surface area contributed by atoms with Crippen LogP contribution in [0.2, 0.25) is 0 Å². The quantitative estimate of drug-likeness (QED) is 0.357. The third-order valence-electron chi connectivity index (χ3n) is 0. The Morgan fingerprint density at radius 1 is 1.29 bits per heavy atom. The summed E-state index contributed by atoms with van der Waals surface area (Å²) in [5.41, 5.74) is 0. The molecule has 0 aliphatic heterocycles. The van der Waals surface area contributed by atoms with Crippen LogP contribution < -0.4 is 39.8 Å². The predicted molar refractivity (Wildman–Crippen MR) is 6.08 cm³/mol. The first-order valence-corrected chi connectivity index (χ1v) is 0.612. The van der Waals surface area contributed by atoms with Crippen LogP contribution in [-0.2, 0) is 31.7 Å². The molecule has 7 heavy (non-hydrogen) atoms. The Hall–Kier alpha value is 1.11. The minimum absolute atomic E-state index is 0. The number of rotatable bonds is 0. The van der Waals surface area contributed by atoms with Crippen LogP contribution in [0.1, 0.15) is 0 Å². The van der Waals surface area contributed by atoms with Crippen LogP contribution in [0, 0.1) is 0 Å². The van der Waals surface area contributed by atoms with Crippen LogP contribution in [0.3, 0.4) is 0 Å². The van der Waals surface area contributed by atoms with Gasteiger partial charge in [0.2, 0.25) is 0 Å². The Balaban J connectivity index is -0.0000000150. The van der Waals surface area contributed by atoms with Gasteiger partial charge in [-0.1, -0.05) is 0 Å². The van der Waals surface area contributed by atoms with Crippen molar-refractivity contribution < 1.29 is 76.2 Å². The second-order valence-corrected chi connectivity index (χ2v) is 0.250. The first-order chi connectivity index (χ1) is 1.73. The van der Waals surface area contributed by atoms with E-state index in [1.54, 1.807) is 0 Å². The van der Waals surface area contributed by atoms with Crippen molar-refractivity contribution in [2.75, 3.05) is 0 Å². The largest absolute Gasteiger partial charge is 4.00 e. The van der Waals surface area contributed by atoms with E-state index in [4.69, 9.17) is 15.0 Å². The van der Waals surface area contributed by atoms with Crippen molar-refractivity contribution in [1.29, 1.82) is 0 Å². The standard InChI is InChI=1S/CH2O3.Na.O.Zr/c2-1(3)4;;;/h(H2,2,3,4);;;/q;+1;-2;+4/p-2. The topological polar surface area (TPSA) is 91.7 Å². The Morgan fingerprint density at radius 2 is 1.29 bits per heavy atom. The third-order valence-corrected chi connectivity index (χ3v) is 0. The van der Waals surface area contributed by atoms with E-state index in [2.05, 4.69) is 0 Å². The summed E-state index contributed by atoms with van der Waals surface area (Å²) < 4.78 is 0. The molecule has 0 rings (SSSR count). The number of hydrogen-bond acceptors (Lipinski definition) is 3. The Labute approximate surface area is 81.6 Å². The second-order valence-electron chi connectivity index (χ2n) is 0.250. The molecule has 0 aliphatic rings. The number of carboxylic acid groups (broad SMARTS) is 2. The molecule has 32 valence electrons. The van der Waals surface area contributed by atoms with Gasteiger partial charge in [-0.3, -0.25) is 0 Å². The van der Waals surface area contributed by atoms with Crippen molar-refractivity contribution in [3.8, 4) is 0 Å². The molecule has 0 amide bonds. The van der Waals surface area contributed by atoms with Gasteiger partial charge < -0.3 is 20.5 Å². The summed E-state index contributed by atoms with van der Waals surface area (Å²) in [4.78, 5) is 8.33. The van der Waals surface area contributed by atoms with Gasteiger partial charge in [0.25, 0.3) is 0 Å². The summed E-state index contributed by atoms with van der Waals surface area (Å²) in [6, 6.07) is 0. The summed E-state index contributed by atoms with van der Waals surface area (Å²) in [6.07, 6.45) is -2.33. The zero-order chi connectivity index (χ0) is 3.58. The Kier molecular flexibility index (Phi) is 54.5. The van der Waals surface area contributed by atoms with Gasteiger partial charge in [-0.05, 0) is 6.16 Å². The van der Waals surface area contributed by atoms with Gasteiger partial charge >= 0.3 is 55.8 Å². The summed E-state index contributed by atoms with van der Waals surface area (Å²) in [7, 11) is 0. The van der Waals surface area contributed by atoms with Crippen molar-refractivity contribution in [3.05, 3.63) is 0 Å². The minimum atomic E-state index is -2.33. The number of carbonyl (C=O) groups is 1. The fourth-order valence-corrected chi connectivity index (χ4v) is 0. The van der Waals surface area contributed by atoms with Crippen molar-refractivity contribution >= 4 is 6.16 Å². The molecule has 0 aliphatic carbocycles. The molecule has 0 unspecified atom stereocenters. The maximum absolute atomic E-state index is 8.33. The molecule has 0 saturated carbocycles. The van der Waals surface area contributed by atoms with E-state index in [0.717, 1.165) is 0 Å². The van der Waals surface area contributed by atoms with Gasteiger partial charge in [0.1, 0.15) is 0 Å². The zero-order valence-corrected chi connectivity index (χ0v) is 8.09. The van der Waals surface area contributed by atoms with Crippen molar-refractivity contribution in [2.24, 2.45) is 0 Å². The van der Waals surface area contributed by atoms with E-state index in [-0.39, 0.29) is 61.2 Å². The van der Waals surface area contributed by atoms with Crippen LogP contribution in [0.4, 0.5) is 4.79 Å². The molecule has 0 bridgehead atoms. The minimum Gasteiger partial charge on any atom is -2.00 e. The zero-order valence-electron chi connectivity index (χ0n) is 3.63. The van der Waals surface area contributed by atoms with Gasteiger partial charge in [-0.2, -0.15) is 0 Å². The Bertz CT molecular complexity index is 34.7. The SMILES string of the molecule is O=C([O-])[O-].[Na+].[O-2].[Zr+4].